The minimum atomic E-state index is -6.08. The molecule has 1 amide bonds. The third-order valence-electron chi connectivity index (χ3n) is 6.86. The molecule has 7 nitrogen and oxygen atoms in total. The van der Waals surface area contributed by atoms with Gasteiger partial charge in [0, 0.05) is 12.7 Å². The molecule has 2 aromatic carbocycles. The summed E-state index contributed by atoms with van der Waals surface area (Å²) in [6, 6.07) is 3.60. The summed E-state index contributed by atoms with van der Waals surface area (Å²) >= 11 is 0. The summed E-state index contributed by atoms with van der Waals surface area (Å²) in [6.45, 7) is 3.02. The number of carbonyl (C=O) groups is 2. The van der Waals surface area contributed by atoms with Crippen LogP contribution in [0.15, 0.2) is 53.4 Å². The summed E-state index contributed by atoms with van der Waals surface area (Å²) in [6.07, 6.45) is -18.6. The number of esters is 1. The molecule has 2 aromatic rings. The fourth-order valence-corrected chi connectivity index (χ4v) is 5.24. The van der Waals surface area contributed by atoms with Crippen molar-refractivity contribution in [3.63, 3.8) is 0 Å². The summed E-state index contributed by atoms with van der Waals surface area (Å²) < 4.78 is 150. The number of alkyl halides is 9. The van der Waals surface area contributed by atoms with Gasteiger partial charge in [-0.15, -0.1) is 0 Å². The Labute approximate surface area is 246 Å². The van der Waals surface area contributed by atoms with E-state index >= 15 is 0 Å². The highest BCUT2D eigenvalue weighted by atomic mass is 32.2. The number of nitrogens with one attached hydrogen (secondary N) is 2. The molecule has 1 heterocycles. The molecule has 0 aromatic heterocycles. The van der Waals surface area contributed by atoms with Gasteiger partial charge in [-0.05, 0) is 41.2 Å². The lowest BCUT2D eigenvalue weighted by Crippen LogP contribution is -2.57. The van der Waals surface area contributed by atoms with E-state index in [1.165, 1.54) is 50.2 Å². The highest BCUT2D eigenvalue weighted by molar-refractivity contribution is 7.90. The van der Waals surface area contributed by atoms with Gasteiger partial charge in [-0.2, -0.15) is 39.5 Å². The van der Waals surface area contributed by atoms with Crippen LogP contribution in [0.4, 0.5) is 39.5 Å². The van der Waals surface area contributed by atoms with Crippen molar-refractivity contribution in [1.82, 2.24) is 10.6 Å². The van der Waals surface area contributed by atoms with Gasteiger partial charge in [0.2, 0.25) is 5.91 Å². The van der Waals surface area contributed by atoms with Crippen molar-refractivity contribution in [1.29, 1.82) is 0 Å². The number of amides is 1. The number of carbonyl (C=O) groups excluding carboxylic acids is 2. The molecule has 0 saturated carbocycles. The topological polar surface area (TPSA) is 102 Å². The second-order valence-corrected chi connectivity index (χ2v) is 12.8. The van der Waals surface area contributed by atoms with Crippen LogP contribution in [0, 0.1) is 5.92 Å². The Morgan fingerprint density at radius 2 is 1.39 bits per heavy atom. The minimum Gasteiger partial charge on any atom is -0.438 e. The first kappa shape index (κ1) is 35.1. The number of ether oxygens (including phenoxy) is 1. The van der Waals surface area contributed by atoms with Gasteiger partial charge < -0.3 is 10.1 Å². The highest BCUT2D eigenvalue weighted by Crippen LogP contribution is 2.51. The zero-order valence-corrected chi connectivity index (χ0v) is 24.0. The number of benzene rings is 2. The van der Waals surface area contributed by atoms with Crippen molar-refractivity contribution < 1.29 is 62.3 Å². The molecule has 1 aliphatic rings. The smallest absolute Gasteiger partial charge is 0.437 e. The van der Waals surface area contributed by atoms with Crippen LogP contribution >= 0.6 is 0 Å². The molecular weight excluding hydrogens is 635 g/mol. The quantitative estimate of drug-likeness (QED) is 0.266. The van der Waals surface area contributed by atoms with Crippen molar-refractivity contribution in [2.75, 3.05) is 6.26 Å². The SMILES string of the molecule is CC(C)C[C@H](N[C@@H](c1ccc(-c2ccc(S(C)(=O)=O)cc2)cc1)C(F)(F)F)C(=O)NC1CC(C(F)(F)F)(C(F)(F)F)OC1=O. The monoisotopic (exact) mass is 662 g/mol. The first-order valence-corrected chi connectivity index (χ1v) is 14.8. The fraction of sp³-hybridized carbons (Fsp3) is 0.481. The Bertz CT molecular complexity index is 1440. The molecule has 3 rings (SSSR count). The molecule has 44 heavy (non-hydrogen) atoms. The molecular formula is C27H27F9N2O5S. The van der Waals surface area contributed by atoms with Crippen molar-refractivity contribution in [2.24, 2.45) is 5.92 Å². The van der Waals surface area contributed by atoms with E-state index in [0.29, 0.717) is 11.1 Å². The summed E-state index contributed by atoms with van der Waals surface area (Å²) in [4.78, 5) is 25.0. The lowest BCUT2D eigenvalue weighted by atomic mass is 9.95. The molecule has 1 aliphatic heterocycles. The van der Waals surface area contributed by atoms with Gasteiger partial charge in [0.15, 0.2) is 9.84 Å². The van der Waals surface area contributed by atoms with Crippen LogP contribution in [0.5, 0.6) is 0 Å². The molecule has 0 aliphatic carbocycles. The number of rotatable bonds is 9. The maximum Gasteiger partial charge on any atom is 0.437 e. The van der Waals surface area contributed by atoms with Crippen LogP contribution in [0.2, 0.25) is 0 Å². The lowest BCUT2D eigenvalue weighted by molar-refractivity contribution is -0.361. The fourth-order valence-electron chi connectivity index (χ4n) is 4.61. The van der Waals surface area contributed by atoms with E-state index in [9.17, 15) is 57.5 Å². The molecule has 0 bridgehead atoms. The largest absolute Gasteiger partial charge is 0.438 e. The Kier molecular flexibility index (Phi) is 9.76. The Morgan fingerprint density at radius 1 is 0.909 bits per heavy atom. The number of halogens is 9. The van der Waals surface area contributed by atoms with Crippen molar-refractivity contribution >= 4 is 21.7 Å². The van der Waals surface area contributed by atoms with Crippen molar-refractivity contribution in [2.45, 2.75) is 73.8 Å². The molecule has 1 unspecified atom stereocenters. The van der Waals surface area contributed by atoms with Gasteiger partial charge >= 0.3 is 30.1 Å². The summed E-state index contributed by atoms with van der Waals surface area (Å²) in [5, 5.41) is 3.80. The van der Waals surface area contributed by atoms with Gasteiger partial charge in [0.1, 0.15) is 12.1 Å². The molecule has 17 heteroatoms. The van der Waals surface area contributed by atoms with E-state index in [1.807, 2.05) is 0 Å². The first-order valence-electron chi connectivity index (χ1n) is 12.9. The predicted octanol–water partition coefficient (Wildman–Crippen LogP) is 5.66. The van der Waals surface area contributed by atoms with E-state index in [1.54, 1.807) is 5.32 Å². The van der Waals surface area contributed by atoms with Gasteiger partial charge in [-0.1, -0.05) is 50.2 Å². The average molecular weight is 663 g/mol. The molecule has 1 fully saturated rings. The van der Waals surface area contributed by atoms with Gasteiger partial charge in [0.25, 0.3) is 0 Å². The standard InChI is InChI=1S/C27H27F9N2O5S/c1-14(2)12-19(22(39)38-20-13-24(26(31,32)33,27(34,35)36)43-23(20)40)37-21(25(28,29)30)17-6-4-15(5-7-17)16-8-10-18(11-9-16)44(3,41)42/h4-11,14,19-21,37H,12-13H2,1-3H3,(H,38,39)/t19-,20?,21-/m0/s1. The Hall–Kier alpha value is -3.34. The molecule has 2 N–H and O–H groups in total. The molecule has 244 valence electrons. The highest BCUT2D eigenvalue weighted by Gasteiger charge is 2.77. The number of cyclic esters (lactones) is 1. The van der Waals surface area contributed by atoms with Crippen molar-refractivity contribution in [3.8, 4) is 11.1 Å². The third kappa shape index (κ3) is 7.65. The summed E-state index contributed by atoms with van der Waals surface area (Å²) in [7, 11) is -3.48. The van der Waals surface area contributed by atoms with Crippen molar-refractivity contribution in [3.05, 3.63) is 54.1 Å². The third-order valence-corrected chi connectivity index (χ3v) is 7.99. The van der Waals surface area contributed by atoms with Crippen LogP contribution in [0.25, 0.3) is 11.1 Å². The summed E-state index contributed by atoms with van der Waals surface area (Å²) in [5.41, 5.74) is -4.38. The normalized spacial score (nSPS) is 19.0. The van der Waals surface area contributed by atoms with E-state index in [4.69, 9.17) is 0 Å². The molecule has 0 radical (unpaired) electrons. The van der Waals surface area contributed by atoms with Crippen LogP contribution in [0.3, 0.4) is 0 Å². The number of sulfone groups is 1. The van der Waals surface area contributed by atoms with E-state index < -0.39 is 76.3 Å². The predicted molar refractivity (Wildman–Crippen MR) is 138 cm³/mol. The van der Waals surface area contributed by atoms with E-state index in [0.717, 1.165) is 18.4 Å². The molecule has 1 saturated heterocycles. The second kappa shape index (κ2) is 12.2. The minimum absolute atomic E-state index is 0.0297. The van der Waals surface area contributed by atoms with E-state index in [2.05, 4.69) is 10.1 Å². The van der Waals surface area contributed by atoms with Crippen LogP contribution in [-0.2, 0) is 24.2 Å². The Balaban J connectivity index is 1.86. The van der Waals surface area contributed by atoms with Crippen LogP contribution in [0.1, 0.15) is 38.3 Å². The average Bonchev–Trinajstić information content (AvgIpc) is 3.23. The number of hydrogen-bond donors (Lipinski definition) is 2. The number of hydrogen-bond acceptors (Lipinski definition) is 6. The van der Waals surface area contributed by atoms with Gasteiger partial charge in [-0.25, -0.2) is 13.2 Å². The van der Waals surface area contributed by atoms with Crippen LogP contribution in [-0.4, -0.2) is 62.8 Å². The zero-order valence-electron chi connectivity index (χ0n) is 23.2. The zero-order chi connectivity index (χ0) is 33.5. The van der Waals surface area contributed by atoms with Gasteiger partial charge in [0.05, 0.1) is 10.9 Å². The maximum atomic E-state index is 14.2. The molecule has 3 atom stereocenters. The van der Waals surface area contributed by atoms with Gasteiger partial charge in [-0.3, -0.25) is 10.1 Å². The van der Waals surface area contributed by atoms with E-state index in [-0.39, 0.29) is 16.9 Å². The first-order chi connectivity index (χ1) is 20.0. The maximum absolute atomic E-state index is 14.2. The lowest BCUT2D eigenvalue weighted by Gasteiger charge is -2.31. The summed E-state index contributed by atoms with van der Waals surface area (Å²) in [5.74, 6) is -3.95. The Morgan fingerprint density at radius 3 is 1.77 bits per heavy atom. The second-order valence-electron chi connectivity index (χ2n) is 10.8. The van der Waals surface area contributed by atoms with Crippen LogP contribution < -0.4 is 10.6 Å². The molecule has 0 spiro atoms.